The molecule has 2 aliphatic rings. The minimum atomic E-state index is -3.21. The van der Waals surface area contributed by atoms with E-state index in [1.807, 2.05) is 54.6 Å². The molecule has 2 fully saturated rings. The van der Waals surface area contributed by atoms with E-state index in [1.54, 1.807) is 6.20 Å². The first-order valence-corrected chi connectivity index (χ1v) is 20.1. The monoisotopic (exact) mass is 678 g/mol. The number of rotatable bonds is 10. The van der Waals surface area contributed by atoms with Crippen LogP contribution >= 0.6 is 0 Å². The molecule has 250 valence electrons. The average Bonchev–Trinajstić information content (AvgIpc) is 3.02. The van der Waals surface area contributed by atoms with Crippen LogP contribution in [-0.4, -0.2) is 69.4 Å². The molecule has 0 amide bonds. The second kappa shape index (κ2) is 13.0. The number of fused-ring (bicyclic) bond motifs is 1. The fraction of sp³-hybridized carbons (Fsp3) is 0.444. The van der Waals surface area contributed by atoms with Gasteiger partial charge in [0.1, 0.15) is 0 Å². The van der Waals surface area contributed by atoms with Crippen molar-refractivity contribution in [3.63, 3.8) is 0 Å². The molecular formula is C36H44F2N4O3SSi. The highest BCUT2D eigenvalue weighted by molar-refractivity contribution is 7.88. The molecule has 3 aromatic carbocycles. The molecule has 1 aromatic heterocycles. The number of para-hydroxylation sites is 1. The van der Waals surface area contributed by atoms with Crippen molar-refractivity contribution in [2.24, 2.45) is 5.41 Å². The van der Waals surface area contributed by atoms with Gasteiger partial charge in [0.15, 0.2) is 0 Å². The Morgan fingerprint density at radius 3 is 2.09 bits per heavy atom. The number of piperidine rings is 1. The Morgan fingerprint density at radius 2 is 1.55 bits per heavy atom. The summed E-state index contributed by atoms with van der Waals surface area (Å²) in [7, 11) is -6.19. The number of nitrogens with one attached hydrogen (secondary N) is 1. The third-order valence-corrected chi connectivity index (χ3v) is 16.4. The largest absolute Gasteiger partial charge is 0.407 e. The number of benzene rings is 3. The summed E-state index contributed by atoms with van der Waals surface area (Å²) in [6.07, 6.45) is 2.39. The van der Waals surface area contributed by atoms with Gasteiger partial charge in [0.25, 0.3) is 8.32 Å². The van der Waals surface area contributed by atoms with E-state index in [1.165, 1.54) is 10.6 Å². The highest BCUT2D eigenvalue weighted by Crippen LogP contribution is 2.56. The van der Waals surface area contributed by atoms with Crippen LogP contribution in [0.25, 0.3) is 10.9 Å². The molecule has 6 rings (SSSR count). The first kappa shape index (κ1) is 33.6. The van der Waals surface area contributed by atoms with Crippen molar-refractivity contribution in [3.05, 3.63) is 90.6 Å². The van der Waals surface area contributed by atoms with Crippen molar-refractivity contribution < 1.29 is 21.6 Å². The van der Waals surface area contributed by atoms with E-state index in [2.05, 4.69) is 55.3 Å². The highest BCUT2D eigenvalue weighted by atomic mass is 32.2. The van der Waals surface area contributed by atoms with Crippen LogP contribution in [0, 0.1) is 5.41 Å². The van der Waals surface area contributed by atoms with Gasteiger partial charge in [-0.2, -0.15) is 0 Å². The Labute approximate surface area is 278 Å². The van der Waals surface area contributed by atoms with Crippen molar-refractivity contribution in [1.82, 2.24) is 14.3 Å². The molecule has 11 heteroatoms. The van der Waals surface area contributed by atoms with Crippen LogP contribution in [0.4, 0.5) is 14.7 Å². The Balaban J connectivity index is 1.24. The molecule has 1 N–H and O–H groups in total. The first-order valence-electron chi connectivity index (χ1n) is 16.3. The number of alkyl halides is 2. The number of sulfonamides is 1. The summed E-state index contributed by atoms with van der Waals surface area (Å²) in [5.74, 6) is 0.383. The van der Waals surface area contributed by atoms with Gasteiger partial charge < -0.3 is 9.74 Å². The van der Waals surface area contributed by atoms with E-state index >= 15 is 8.78 Å². The van der Waals surface area contributed by atoms with Gasteiger partial charge in [-0.3, -0.25) is 0 Å². The van der Waals surface area contributed by atoms with Gasteiger partial charge >= 0.3 is 0 Å². The number of nitrogens with zero attached hydrogens (tertiary/aromatic N) is 3. The van der Waals surface area contributed by atoms with Gasteiger partial charge in [0.05, 0.1) is 17.2 Å². The Morgan fingerprint density at radius 1 is 0.957 bits per heavy atom. The standard InChI is InChI=1S/C36H44F2N4O3SSi/c1-35(2,3)47(29-13-7-5-8-14-29,30-15-9-6-10-16-30)45-25-36(33(37)38)22-27(23-36)31-17-11-12-26-24-39-34(41-32(26)31)40-28-18-20-42(21-19-28)46(4,43)44/h5-17,24,27-28,33H,18-23,25H2,1-4H3,(H,39,40,41). The van der Waals surface area contributed by atoms with Gasteiger partial charge in [0, 0.05) is 37.3 Å². The third-order valence-electron chi connectivity index (χ3n) is 10.1. The second-order valence-electron chi connectivity index (χ2n) is 14.3. The molecular weight excluding hydrogens is 635 g/mol. The Bertz CT molecular complexity index is 1750. The zero-order valence-corrected chi connectivity index (χ0v) is 29.3. The molecule has 0 bridgehead atoms. The quantitative estimate of drug-likeness (QED) is 0.202. The lowest BCUT2D eigenvalue weighted by atomic mass is 9.60. The van der Waals surface area contributed by atoms with E-state index in [9.17, 15) is 8.42 Å². The SMILES string of the molecule is CC(C)(C)[Si](OCC1(C(F)F)CC(c2cccc3cnc(NC4CCN(S(C)(=O)=O)CC4)nc23)C1)(c1ccccc1)c1ccccc1. The molecule has 0 spiro atoms. The number of hydrogen-bond acceptors (Lipinski definition) is 6. The molecule has 47 heavy (non-hydrogen) atoms. The van der Waals surface area contributed by atoms with E-state index < -0.39 is 30.2 Å². The predicted octanol–water partition coefficient (Wildman–Crippen LogP) is 6.17. The van der Waals surface area contributed by atoms with E-state index in [4.69, 9.17) is 9.41 Å². The summed E-state index contributed by atoms with van der Waals surface area (Å²) >= 11 is 0. The molecule has 1 saturated carbocycles. The smallest absolute Gasteiger partial charge is 0.261 e. The van der Waals surface area contributed by atoms with Crippen LogP contribution in [0.5, 0.6) is 0 Å². The summed E-state index contributed by atoms with van der Waals surface area (Å²) in [6.45, 7) is 7.36. The van der Waals surface area contributed by atoms with Crippen LogP contribution in [0.1, 0.15) is 57.9 Å². The van der Waals surface area contributed by atoms with Crippen LogP contribution in [0.3, 0.4) is 0 Å². The van der Waals surface area contributed by atoms with Gasteiger partial charge in [0.2, 0.25) is 22.4 Å². The summed E-state index contributed by atoms with van der Waals surface area (Å²) in [4.78, 5) is 9.38. The normalized spacial score (nSPS) is 21.6. The van der Waals surface area contributed by atoms with E-state index in [-0.39, 0.29) is 23.6 Å². The number of anilines is 1. The van der Waals surface area contributed by atoms with Crippen LogP contribution in [-0.2, 0) is 14.4 Å². The van der Waals surface area contributed by atoms with E-state index in [0.717, 1.165) is 26.8 Å². The maximum atomic E-state index is 15.1. The summed E-state index contributed by atoms with van der Waals surface area (Å²) in [5, 5.41) is 6.09. The predicted molar refractivity (Wildman–Crippen MR) is 187 cm³/mol. The molecule has 1 aliphatic carbocycles. The van der Waals surface area contributed by atoms with Crippen molar-refractivity contribution in [1.29, 1.82) is 0 Å². The molecule has 7 nitrogen and oxygen atoms in total. The Hall–Kier alpha value is -3.25. The summed E-state index contributed by atoms with van der Waals surface area (Å²) < 4.78 is 62.5. The lowest BCUT2D eigenvalue weighted by Gasteiger charge is -2.51. The van der Waals surface area contributed by atoms with Crippen LogP contribution < -0.4 is 15.7 Å². The maximum Gasteiger partial charge on any atom is 0.261 e. The fourth-order valence-corrected chi connectivity index (χ4v) is 13.0. The third kappa shape index (κ3) is 6.59. The van der Waals surface area contributed by atoms with E-state index in [0.29, 0.717) is 44.7 Å². The van der Waals surface area contributed by atoms with Crippen molar-refractivity contribution in [2.45, 2.75) is 69.9 Å². The highest BCUT2D eigenvalue weighted by Gasteiger charge is 2.56. The number of aromatic nitrogens is 2. The van der Waals surface area contributed by atoms with Crippen molar-refractivity contribution in [3.8, 4) is 0 Å². The molecule has 0 atom stereocenters. The molecule has 1 saturated heterocycles. The second-order valence-corrected chi connectivity index (χ2v) is 20.6. The molecule has 0 unspecified atom stereocenters. The van der Waals surface area contributed by atoms with Gasteiger partial charge in [-0.25, -0.2) is 31.5 Å². The minimum Gasteiger partial charge on any atom is -0.407 e. The van der Waals surface area contributed by atoms with Gasteiger partial charge in [-0.15, -0.1) is 0 Å². The fourth-order valence-electron chi connectivity index (χ4n) is 7.51. The molecule has 1 aliphatic heterocycles. The maximum absolute atomic E-state index is 15.1. The number of halogens is 2. The Kier molecular flexibility index (Phi) is 9.29. The van der Waals surface area contributed by atoms with Crippen LogP contribution in [0.2, 0.25) is 5.04 Å². The molecule has 4 aromatic rings. The van der Waals surface area contributed by atoms with Gasteiger partial charge in [-0.05, 0) is 52.6 Å². The zero-order valence-electron chi connectivity index (χ0n) is 27.5. The molecule has 0 radical (unpaired) electrons. The van der Waals surface area contributed by atoms with Crippen molar-refractivity contribution >= 4 is 45.6 Å². The topological polar surface area (TPSA) is 84.4 Å². The summed E-state index contributed by atoms with van der Waals surface area (Å²) in [6, 6.07) is 26.2. The van der Waals surface area contributed by atoms with Crippen molar-refractivity contribution in [2.75, 3.05) is 31.3 Å². The zero-order chi connectivity index (χ0) is 33.5. The number of hydrogen-bond donors (Lipinski definition) is 1. The van der Waals surface area contributed by atoms with Crippen LogP contribution in [0.15, 0.2) is 85.1 Å². The lowest BCUT2D eigenvalue weighted by molar-refractivity contribution is -0.0991. The molecule has 2 heterocycles. The van der Waals surface area contributed by atoms with Gasteiger partial charge in [-0.1, -0.05) is 99.6 Å². The lowest BCUT2D eigenvalue weighted by Crippen LogP contribution is -2.68. The minimum absolute atomic E-state index is 0.0207. The first-order chi connectivity index (χ1) is 22.3. The average molecular weight is 679 g/mol. The summed E-state index contributed by atoms with van der Waals surface area (Å²) in [5.41, 5.74) is 0.447.